The second kappa shape index (κ2) is 8.88. The number of rotatable bonds is 6. The molecule has 0 spiro atoms. The van der Waals surface area contributed by atoms with Crippen LogP contribution in [0.4, 0.5) is 0 Å². The number of likely N-dealkylation sites (tertiary alicyclic amines) is 1. The lowest BCUT2D eigenvalue weighted by molar-refractivity contribution is -0.134. The number of nitrogens with zero attached hydrogens (tertiary/aromatic N) is 1. The molecule has 0 unspecified atom stereocenters. The number of amides is 1. The first-order valence-electron chi connectivity index (χ1n) is 9.77. The van der Waals surface area contributed by atoms with Crippen molar-refractivity contribution in [2.75, 3.05) is 13.1 Å². The number of aryl methyl sites for hydroxylation is 1. The van der Waals surface area contributed by atoms with Crippen molar-refractivity contribution in [3.63, 3.8) is 0 Å². The van der Waals surface area contributed by atoms with Gasteiger partial charge in [0.05, 0.1) is 4.90 Å². The molecule has 0 bridgehead atoms. The van der Waals surface area contributed by atoms with E-state index in [-0.39, 0.29) is 10.8 Å². The Morgan fingerprint density at radius 3 is 2.29 bits per heavy atom. The monoisotopic (exact) mass is 400 g/mol. The minimum atomic E-state index is -3.79. The van der Waals surface area contributed by atoms with Crippen LogP contribution in [-0.2, 0) is 21.2 Å². The van der Waals surface area contributed by atoms with E-state index in [1.807, 2.05) is 37.3 Å². The van der Waals surface area contributed by atoms with Crippen LogP contribution in [0.3, 0.4) is 0 Å². The van der Waals surface area contributed by atoms with Gasteiger partial charge in [0.2, 0.25) is 15.9 Å². The molecular formula is C22H28N2O3S. The number of carbonyl (C=O) groups is 1. The molecule has 1 fully saturated rings. The summed E-state index contributed by atoms with van der Waals surface area (Å²) in [6.07, 6.45) is 2.24. The largest absolute Gasteiger partial charge is 0.341 e. The summed E-state index contributed by atoms with van der Waals surface area (Å²) in [5, 5.41) is 0. The molecule has 1 amide bonds. The third-order valence-corrected chi connectivity index (χ3v) is 6.79. The molecule has 1 atom stereocenters. The van der Waals surface area contributed by atoms with Crippen LogP contribution in [-0.4, -0.2) is 38.4 Å². The normalized spacial score (nSPS) is 16.7. The molecule has 2 aromatic carbocycles. The highest BCUT2D eigenvalue weighted by Gasteiger charge is 2.31. The Labute approximate surface area is 167 Å². The van der Waals surface area contributed by atoms with E-state index >= 15 is 0 Å². The summed E-state index contributed by atoms with van der Waals surface area (Å²) in [7, 11) is -3.79. The van der Waals surface area contributed by atoms with Crippen molar-refractivity contribution < 1.29 is 13.2 Å². The molecule has 150 valence electrons. The maximum atomic E-state index is 13.2. The Bertz CT molecular complexity index is 887. The van der Waals surface area contributed by atoms with Crippen LogP contribution in [0.15, 0.2) is 59.5 Å². The highest BCUT2D eigenvalue weighted by Crippen LogP contribution is 2.19. The molecule has 1 aliphatic rings. The van der Waals surface area contributed by atoms with E-state index in [2.05, 4.69) is 11.6 Å². The summed E-state index contributed by atoms with van der Waals surface area (Å²) in [6.45, 7) is 5.45. The number of carbonyl (C=O) groups excluding carboxylic acids is 1. The molecule has 1 saturated heterocycles. The molecule has 0 saturated carbocycles. The van der Waals surface area contributed by atoms with Crippen molar-refractivity contribution in [2.24, 2.45) is 5.92 Å². The molecule has 3 rings (SSSR count). The first kappa shape index (κ1) is 20.6. The summed E-state index contributed by atoms with van der Waals surface area (Å²) in [5.41, 5.74) is 1.91. The maximum absolute atomic E-state index is 13.2. The molecule has 1 N–H and O–H groups in total. The summed E-state index contributed by atoms with van der Waals surface area (Å²) >= 11 is 0. The van der Waals surface area contributed by atoms with E-state index in [0.29, 0.717) is 25.4 Å². The van der Waals surface area contributed by atoms with Gasteiger partial charge < -0.3 is 4.90 Å². The van der Waals surface area contributed by atoms with Gasteiger partial charge in [-0.25, -0.2) is 8.42 Å². The van der Waals surface area contributed by atoms with Gasteiger partial charge in [0.25, 0.3) is 0 Å². The number of hydrogen-bond donors (Lipinski definition) is 1. The van der Waals surface area contributed by atoms with Crippen molar-refractivity contribution in [3.8, 4) is 0 Å². The third kappa shape index (κ3) is 5.20. The van der Waals surface area contributed by atoms with Crippen LogP contribution in [0.25, 0.3) is 0 Å². The second-order valence-electron chi connectivity index (χ2n) is 7.68. The Morgan fingerprint density at radius 2 is 1.68 bits per heavy atom. The molecule has 6 heteroatoms. The van der Waals surface area contributed by atoms with Gasteiger partial charge in [0.1, 0.15) is 6.04 Å². The van der Waals surface area contributed by atoms with Gasteiger partial charge in [-0.1, -0.05) is 55.0 Å². The van der Waals surface area contributed by atoms with E-state index in [1.165, 1.54) is 0 Å². The average Bonchev–Trinajstić information content (AvgIpc) is 2.68. The van der Waals surface area contributed by atoms with Crippen LogP contribution < -0.4 is 4.72 Å². The van der Waals surface area contributed by atoms with E-state index in [0.717, 1.165) is 24.0 Å². The van der Waals surface area contributed by atoms with E-state index < -0.39 is 16.1 Å². The Balaban J connectivity index is 1.83. The Hall–Kier alpha value is -2.18. The van der Waals surface area contributed by atoms with Crippen LogP contribution in [0.1, 0.15) is 30.9 Å². The summed E-state index contributed by atoms with van der Waals surface area (Å²) in [4.78, 5) is 15.1. The average molecular weight is 401 g/mol. The first-order valence-corrected chi connectivity index (χ1v) is 11.2. The summed E-state index contributed by atoms with van der Waals surface area (Å²) < 4.78 is 28.5. The zero-order chi connectivity index (χ0) is 20.1. The fourth-order valence-electron chi connectivity index (χ4n) is 3.45. The standard InChI is InChI=1S/C22H28N2O3S/c1-17-8-10-20(11-9-17)28(26,27)23-21(16-19-6-4-3-5-7-19)22(25)24-14-12-18(2)13-15-24/h3-11,18,21,23H,12-16H2,1-2H3/t21-/m0/s1. The van der Waals surface area contributed by atoms with Gasteiger partial charge in [-0.05, 0) is 49.8 Å². The van der Waals surface area contributed by atoms with Gasteiger partial charge in [-0.15, -0.1) is 0 Å². The fourth-order valence-corrected chi connectivity index (χ4v) is 4.64. The molecule has 5 nitrogen and oxygen atoms in total. The van der Waals surface area contributed by atoms with Crippen LogP contribution >= 0.6 is 0 Å². The van der Waals surface area contributed by atoms with E-state index in [1.54, 1.807) is 29.2 Å². The third-order valence-electron chi connectivity index (χ3n) is 5.30. The number of hydrogen-bond acceptors (Lipinski definition) is 3. The second-order valence-corrected chi connectivity index (χ2v) is 9.40. The smallest absolute Gasteiger partial charge is 0.241 e. The zero-order valence-corrected chi connectivity index (χ0v) is 17.3. The summed E-state index contributed by atoms with van der Waals surface area (Å²) in [5.74, 6) is 0.451. The first-order chi connectivity index (χ1) is 13.3. The number of sulfonamides is 1. The van der Waals surface area contributed by atoms with Crippen molar-refractivity contribution in [3.05, 3.63) is 65.7 Å². The highest BCUT2D eigenvalue weighted by atomic mass is 32.2. The van der Waals surface area contributed by atoms with Gasteiger partial charge in [0, 0.05) is 13.1 Å². The van der Waals surface area contributed by atoms with Crippen LogP contribution in [0.5, 0.6) is 0 Å². The molecule has 0 aromatic heterocycles. The van der Waals surface area contributed by atoms with Crippen molar-refractivity contribution in [1.29, 1.82) is 0 Å². The Morgan fingerprint density at radius 1 is 1.07 bits per heavy atom. The minimum Gasteiger partial charge on any atom is -0.341 e. The predicted molar refractivity (Wildman–Crippen MR) is 110 cm³/mol. The minimum absolute atomic E-state index is 0.147. The van der Waals surface area contributed by atoms with E-state index in [4.69, 9.17) is 0 Å². The molecule has 1 aliphatic heterocycles. The van der Waals surface area contributed by atoms with Crippen molar-refractivity contribution >= 4 is 15.9 Å². The van der Waals surface area contributed by atoms with Crippen molar-refractivity contribution in [2.45, 2.75) is 44.0 Å². The predicted octanol–water partition coefficient (Wildman–Crippen LogP) is 3.14. The van der Waals surface area contributed by atoms with Crippen molar-refractivity contribution in [1.82, 2.24) is 9.62 Å². The fraction of sp³-hybridized carbons (Fsp3) is 0.409. The molecule has 0 radical (unpaired) electrons. The van der Waals surface area contributed by atoms with Crippen LogP contribution in [0, 0.1) is 12.8 Å². The molecular weight excluding hydrogens is 372 g/mol. The quantitative estimate of drug-likeness (QED) is 0.810. The Kier molecular flexibility index (Phi) is 6.52. The van der Waals surface area contributed by atoms with Crippen LogP contribution in [0.2, 0.25) is 0 Å². The maximum Gasteiger partial charge on any atom is 0.241 e. The number of benzene rings is 2. The molecule has 2 aromatic rings. The van der Waals surface area contributed by atoms with Gasteiger partial charge in [-0.3, -0.25) is 4.79 Å². The van der Waals surface area contributed by atoms with Gasteiger partial charge >= 0.3 is 0 Å². The van der Waals surface area contributed by atoms with Gasteiger partial charge in [-0.2, -0.15) is 4.72 Å². The lowest BCUT2D eigenvalue weighted by atomic mass is 9.98. The topological polar surface area (TPSA) is 66.5 Å². The summed E-state index contributed by atoms with van der Waals surface area (Å²) in [6, 6.07) is 15.4. The van der Waals surface area contributed by atoms with E-state index in [9.17, 15) is 13.2 Å². The molecule has 28 heavy (non-hydrogen) atoms. The number of nitrogens with one attached hydrogen (secondary N) is 1. The number of piperidine rings is 1. The highest BCUT2D eigenvalue weighted by molar-refractivity contribution is 7.89. The lowest BCUT2D eigenvalue weighted by Gasteiger charge is -2.33. The SMILES string of the molecule is Cc1ccc(S(=O)(=O)N[C@@H](Cc2ccccc2)C(=O)N2CCC(C)CC2)cc1. The lowest BCUT2D eigenvalue weighted by Crippen LogP contribution is -2.51. The molecule has 1 heterocycles. The molecule has 0 aliphatic carbocycles. The van der Waals surface area contributed by atoms with Gasteiger partial charge in [0.15, 0.2) is 0 Å². The zero-order valence-electron chi connectivity index (χ0n) is 16.5.